The first kappa shape index (κ1) is 17.9. The molecule has 0 amide bonds. The van der Waals surface area contributed by atoms with Crippen LogP contribution in [0.2, 0.25) is 0 Å². The number of piperidine rings is 2. The van der Waals surface area contributed by atoms with E-state index in [9.17, 15) is 15.2 Å². The Bertz CT molecular complexity index is 665. The van der Waals surface area contributed by atoms with Gasteiger partial charge in [0.15, 0.2) is 0 Å². The highest BCUT2D eigenvalue weighted by Gasteiger charge is 2.70. The average molecular weight is 361 g/mol. The van der Waals surface area contributed by atoms with E-state index in [1.165, 1.54) is 9.80 Å². The number of nitrogens with zero attached hydrogens (tertiary/aromatic N) is 1. The molecule has 5 rings (SSSR count). The van der Waals surface area contributed by atoms with Crippen molar-refractivity contribution in [2.45, 2.75) is 51.8 Å². The summed E-state index contributed by atoms with van der Waals surface area (Å²) >= 11 is 0. The zero-order chi connectivity index (χ0) is 18.5. The SMILES string of the molecule is CCCC12C[NH+]3CC(CCC)(C[NH+](C1)C3c1cccc([N+](=O)[O-])c1)C2O. The fourth-order valence-electron chi connectivity index (χ4n) is 6.70. The molecule has 4 aliphatic heterocycles. The number of rotatable bonds is 6. The fourth-order valence-corrected chi connectivity index (χ4v) is 6.70. The standard InChI is InChI=1S/C20H29N3O3/c1-3-8-19-11-21-13-20(9-4-2,18(19)24)14-22(12-19)17(21)15-6-5-7-16(10-15)23(25)26/h5-7,10,17-18,24H,3-4,8-9,11-14H2,1-2H3/p+2. The molecule has 4 fully saturated rings. The van der Waals surface area contributed by atoms with Gasteiger partial charge in [-0.15, -0.1) is 0 Å². The second-order valence-electron chi connectivity index (χ2n) is 8.94. The summed E-state index contributed by atoms with van der Waals surface area (Å²) in [5.74, 6) is 0. The van der Waals surface area contributed by atoms with Gasteiger partial charge in [-0.2, -0.15) is 0 Å². The maximum absolute atomic E-state index is 11.3. The lowest BCUT2D eigenvalue weighted by atomic mass is 9.56. The minimum Gasteiger partial charge on any atom is -0.391 e. The number of aliphatic hydroxyl groups is 1. The lowest BCUT2D eigenvalue weighted by Gasteiger charge is -2.64. The van der Waals surface area contributed by atoms with Crippen LogP contribution in [0.4, 0.5) is 5.69 Å². The van der Waals surface area contributed by atoms with Crippen molar-refractivity contribution in [3.05, 3.63) is 39.9 Å². The number of nitrogens with one attached hydrogen (secondary N) is 2. The summed E-state index contributed by atoms with van der Waals surface area (Å²) in [6.45, 7) is 8.39. The maximum Gasteiger partial charge on any atom is 0.270 e. The zero-order valence-corrected chi connectivity index (χ0v) is 15.8. The van der Waals surface area contributed by atoms with E-state index in [0.717, 1.165) is 57.4 Å². The Hall–Kier alpha value is -1.50. The van der Waals surface area contributed by atoms with E-state index in [2.05, 4.69) is 19.9 Å². The topological polar surface area (TPSA) is 72.2 Å². The number of nitro benzene ring substituents is 1. The van der Waals surface area contributed by atoms with Crippen molar-refractivity contribution in [2.24, 2.45) is 10.8 Å². The van der Waals surface area contributed by atoms with Crippen LogP contribution >= 0.6 is 0 Å². The van der Waals surface area contributed by atoms with Crippen molar-refractivity contribution in [2.75, 3.05) is 26.2 Å². The van der Waals surface area contributed by atoms with Crippen molar-refractivity contribution in [1.29, 1.82) is 0 Å². The number of hydrogen-bond acceptors (Lipinski definition) is 3. The number of aliphatic hydroxyl groups excluding tert-OH is 1. The molecule has 0 saturated carbocycles. The van der Waals surface area contributed by atoms with Crippen LogP contribution in [0.15, 0.2) is 24.3 Å². The predicted octanol–water partition coefficient (Wildman–Crippen LogP) is 0.338. The van der Waals surface area contributed by atoms with E-state index in [1.54, 1.807) is 12.1 Å². The van der Waals surface area contributed by atoms with E-state index in [4.69, 9.17) is 0 Å². The van der Waals surface area contributed by atoms with Crippen LogP contribution in [0, 0.1) is 20.9 Å². The lowest BCUT2D eigenvalue weighted by Crippen LogP contribution is -3.41. The first-order valence-electron chi connectivity index (χ1n) is 10.1. The molecule has 0 aromatic heterocycles. The van der Waals surface area contributed by atoms with Crippen LogP contribution in [0.1, 0.15) is 51.3 Å². The van der Waals surface area contributed by atoms with E-state index in [0.29, 0.717) is 0 Å². The van der Waals surface area contributed by atoms with Crippen molar-refractivity contribution in [3.63, 3.8) is 0 Å². The van der Waals surface area contributed by atoms with Crippen molar-refractivity contribution in [3.8, 4) is 0 Å². The molecule has 0 spiro atoms. The highest BCUT2D eigenvalue weighted by atomic mass is 16.6. The molecule has 1 aromatic rings. The molecule has 0 atom stereocenters. The first-order chi connectivity index (χ1) is 12.4. The van der Waals surface area contributed by atoms with Crippen molar-refractivity contribution in [1.82, 2.24) is 0 Å². The quantitative estimate of drug-likeness (QED) is 0.505. The van der Waals surface area contributed by atoms with Gasteiger partial charge in [-0.05, 0) is 18.9 Å². The molecule has 6 heteroatoms. The largest absolute Gasteiger partial charge is 0.391 e. The number of nitro groups is 1. The van der Waals surface area contributed by atoms with Crippen LogP contribution < -0.4 is 9.80 Å². The Balaban J connectivity index is 1.71. The molecule has 6 nitrogen and oxygen atoms in total. The van der Waals surface area contributed by atoms with Gasteiger partial charge in [-0.3, -0.25) is 19.9 Å². The van der Waals surface area contributed by atoms with Crippen LogP contribution in [-0.4, -0.2) is 42.3 Å². The lowest BCUT2D eigenvalue weighted by molar-refractivity contribution is -1.19. The molecular formula is C20H31N3O3+2. The molecule has 4 heterocycles. The maximum atomic E-state index is 11.3. The summed E-state index contributed by atoms with van der Waals surface area (Å²) in [4.78, 5) is 14.0. The van der Waals surface area contributed by atoms with Gasteiger partial charge in [-0.1, -0.05) is 32.8 Å². The molecule has 142 valence electrons. The Morgan fingerprint density at radius 1 is 1.12 bits per heavy atom. The second-order valence-corrected chi connectivity index (χ2v) is 8.94. The van der Waals surface area contributed by atoms with Gasteiger partial charge in [-0.25, -0.2) is 0 Å². The fraction of sp³-hybridized carbons (Fsp3) is 0.700. The van der Waals surface area contributed by atoms with Gasteiger partial charge in [0, 0.05) is 12.1 Å². The smallest absolute Gasteiger partial charge is 0.270 e. The normalized spacial score (nSPS) is 40.7. The molecule has 4 aliphatic rings. The van der Waals surface area contributed by atoms with Gasteiger partial charge >= 0.3 is 0 Å². The minimum absolute atomic E-state index is 0.0162. The molecule has 3 N–H and O–H groups in total. The second kappa shape index (κ2) is 6.29. The van der Waals surface area contributed by atoms with Crippen LogP contribution in [0.25, 0.3) is 0 Å². The van der Waals surface area contributed by atoms with Crippen LogP contribution in [-0.2, 0) is 0 Å². The van der Waals surface area contributed by atoms with Gasteiger partial charge in [0.1, 0.15) is 0 Å². The monoisotopic (exact) mass is 361 g/mol. The average Bonchev–Trinajstić information content (AvgIpc) is 2.59. The zero-order valence-electron chi connectivity index (χ0n) is 15.8. The molecule has 0 aliphatic carbocycles. The molecule has 4 saturated heterocycles. The Labute approximate surface area is 154 Å². The molecule has 0 radical (unpaired) electrons. The third kappa shape index (κ3) is 2.50. The highest BCUT2D eigenvalue weighted by Crippen LogP contribution is 2.45. The van der Waals surface area contributed by atoms with Gasteiger partial charge < -0.3 is 5.11 Å². The summed E-state index contributed by atoms with van der Waals surface area (Å²) in [5.41, 5.74) is 1.30. The molecule has 1 aromatic carbocycles. The Morgan fingerprint density at radius 2 is 1.65 bits per heavy atom. The van der Waals surface area contributed by atoms with Gasteiger partial charge in [0.25, 0.3) is 5.69 Å². The molecule has 4 bridgehead atoms. The van der Waals surface area contributed by atoms with E-state index in [1.807, 2.05) is 6.07 Å². The Kier molecular flexibility index (Phi) is 4.33. The number of non-ortho nitro benzene ring substituents is 1. The van der Waals surface area contributed by atoms with Gasteiger partial charge in [0.2, 0.25) is 6.17 Å². The van der Waals surface area contributed by atoms with Crippen LogP contribution in [0.5, 0.6) is 0 Å². The summed E-state index contributed by atoms with van der Waals surface area (Å²) in [6.07, 6.45) is 4.41. The first-order valence-corrected chi connectivity index (χ1v) is 10.1. The third-order valence-electron chi connectivity index (χ3n) is 7.20. The molecule has 0 unspecified atom stereocenters. The molecule has 26 heavy (non-hydrogen) atoms. The summed E-state index contributed by atoms with van der Waals surface area (Å²) in [7, 11) is 0. The minimum atomic E-state index is -0.296. The highest BCUT2D eigenvalue weighted by molar-refractivity contribution is 5.34. The van der Waals surface area contributed by atoms with E-state index in [-0.39, 0.29) is 33.7 Å². The van der Waals surface area contributed by atoms with E-state index >= 15 is 0 Å². The number of benzene rings is 1. The van der Waals surface area contributed by atoms with Crippen molar-refractivity contribution < 1.29 is 19.8 Å². The summed E-state index contributed by atoms with van der Waals surface area (Å²) in [5, 5.41) is 22.6. The number of hydrogen-bond donors (Lipinski definition) is 3. The Morgan fingerprint density at radius 3 is 2.12 bits per heavy atom. The van der Waals surface area contributed by atoms with E-state index < -0.39 is 0 Å². The number of quaternary nitrogens is 2. The summed E-state index contributed by atoms with van der Waals surface area (Å²) < 4.78 is 0. The third-order valence-corrected chi connectivity index (χ3v) is 7.20. The summed E-state index contributed by atoms with van der Waals surface area (Å²) in [6, 6.07) is 7.21. The molecular weight excluding hydrogens is 330 g/mol. The van der Waals surface area contributed by atoms with Crippen LogP contribution in [0.3, 0.4) is 0 Å². The van der Waals surface area contributed by atoms with Crippen molar-refractivity contribution >= 4 is 5.69 Å². The predicted molar refractivity (Wildman–Crippen MR) is 97.9 cm³/mol. The van der Waals surface area contributed by atoms with Gasteiger partial charge in [0.05, 0.1) is 53.6 Å².